The van der Waals surface area contributed by atoms with Gasteiger partial charge in [-0.15, -0.1) is 0 Å². The number of likely N-dealkylation sites (tertiary alicyclic amines) is 1. The molecule has 112 valence electrons. The van der Waals surface area contributed by atoms with Crippen LogP contribution in [0, 0.1) is 0 Å². The summed E-state index contributed by atoms with van der Waals surface area (Å²) in [7, 11) is 5.66. The van der Waals surface area contributed by atoms with E-state index in [1.165, 1.54) is 25.9 Å². The van der Waals surface area contributed by atoms with Gasteiger partial charge in [0.1, 0.15) is 0 Å². The van der Waals surface area contributed by atoms with Crippen LogP contribution in [0.15, 0.2) is 0 Å². The third-order valence-electron chi connectivity index (χ3n) is 3.38. The highest BCUT2D eigenvalue weighted by molar-refractivity contribution is 5.42. The molecule has 0 aromatic carbocycles. The third-order valence-corrected chi connectivity index (χ3v) is 3.38. The first-order valence-corrected chi connectivity index (χ1v) is 7.26. The lowest BCUT2D eigenvalue weighted by Crippen LogP contribution is -2.23. The van der Waals surface area contributed by atoms with Gasteiger partial charge in [-0.2, -0.15) is 15.0 Å². The van der Waals surface area contributed by atoms with Crippen molar-refractivity contribution in [2.45, 2.75) is 19.3 Å². The molecular formula is C13H25N7. The first kappa shape index (κ1) is 14.8. The van der Waals surface area contributed by atoms with Crippen molar-refractivity contribution in [3.63, 3.8) is 0 Å². The Kier molecular flexibility index (Phi) is 5.34. The molecule has 1 aliphatic rings. The highest BCUT2D eigenvalue weighted by Crippen LogP contribution is 2.11. The summed E-state index contributed by atoms with van der Waals surface area (Å²) in [6.07, 6.45) is 3.80. The number of nitrogens with one attached hydrogen (secondary N) is 2. The summed E-state index contributed by atoms with van der Waals surface area (Å²) in [6.45, 7) is 4.54. The number of anilines is 3. The maximum Gasteiger partial charge on any atom is 0.231 e. The van der Waals surface area contributed by atoms with E-state index in [0.29, 0.717) is 17.8 Å². The van der Waals surface area contributed by atoms with Gasteiger partial charge in [0.15, 0.2) is 0 Å². The van der Waals surface area contributed by atoms with Crippen molar-refractivity contribution in [2.24, 2.45) is 0 Å². The Morgan fingerprint density at radius 1 is 1.10 bits per heavy atom. The van der Waals surface area contributed by atoms with Gasteiger partial charge >= 0.3 is 0 Å². The number of aromatic nitrogens is 3. The van der Waals surface area contributed by atoms with Crippen LogP contribution in [-0.2, 0) is 0 Å². The van der Waals surface area contributed by atoms with Gasteiger partial charge in [0.25, 0.3) is 0 Å². The summed E-state index contributed by atoms with van der Waals surface area (Å²) in [6, 6.07) is 0. The van der Waals surface area contributed by atoms with Crippen LogP contribution < -0.4 is 15.5 Å². The van der Waals surface area contributed by atoms with E-state index in [1.807, 2.05) is 26.0 Å². The third kappa shape index (κ3) is 4.19. The van der Waals surface area contributed by atoms with Crippen molar-refractivity contribution < 1.29 is 0 Å². The minimum absolute atomic E-state index is 0.589. The number of hydrogen-bond acceptors (Lipinski definition) is 7. The number of rotatable bonds is 7. The predicted octanol–water partition coefficient (Wildman–Crippen LogP) is 0.877. The van der Waals surface area contributed by atoms with Crippen molar-refractivity contribution in [3.8, 4) is 0 Å². The molecule has 20 heavy (non-hydrogen) atoms. The average Bonchev–Trinajstić information content (AvgIpc) is 2.96. The molecule has 0 unspecified atom stereocenters. The summed E-state index contributed by atoms with van der Waals surface area (Å²) < 4.78 is 0. The van der Waals surface area contributed by atoms with Crippen molar-refractivity contribution >= 4 is 17.8 Å². The van der Waals surface area contributed by atoms with E-state index < -0.39 is 0 Å². The summed E-state index contributed by atoms with van der Waals surface area (Å²) in [4.78, 5) is 17.4. The summed E-state index contributed by atoms with van der Waals surface area (Å²) >= 11 is 0. The smallest absolute Gasteiger partial charge is 0.231 e. The van der Waals surface area contributed by atoms with Crippen LogP contribution in [0.4, 0.5) is 17.8 Å². The Morgan fingerprint density at radius 2 is 1.80 bits per heavy atom. The molecule has 0 amide bonds. The highest BCUT2D eigenvalue weighted by atomic mass is 15.3. The van der Waals surface area contributed by atoms with Gasteiger partial charge in [0.05, 0.1) is 0 Å². The van der Waals surface area contributed by atoms with Crippen LogP contribution in [0.25, 0.3) is 0 Å². The molecule has 7 heteroatoms. The molecule has 1 fully saturated rings. The second-order valence-electron chi connectivity index (χ2n) is 5.26. The van der Waals surface area contributed by atoms with Crippen LogP contribution in [0.3, 0.4) is 0 Å². The quantitative estimate of drug-likeness (QED) is 0.718. The Bertz CT molecular complexity index is 415. The van der Waals surface area contributed by atoms with Gasteiger partial charge < -0.3 is 20.4 Å². The van der Waals surface area contributed by atoms with E-state index >= 15 is 0 Å². The SMILES string of the molecule is CNc1nc(NCCCN2CCCC2)nc(N(C)C)n1. The van der Waals surface area contributed by atoms with Crippen molar-refractivity contribution in [1.29, 1.82) is 0 Å². The maximum atomic E-state index is 4.39. The molecule has 1 saturated heterocycles. The van der Waals surface area contributed by atoms with E-state index in [0.717, 1.165) is 19.5 Å². The van der Waals surface area contributed by atoms with E-state index in [2.05, 4.69) is 30.5 Å². The number of hydrogen-bond donors (Lipinski definition) is 2. The normalized spacial score (nSPS) is 15.3. The van der Waals surface area contributed by atoms with Crippen molar-refractivity contribution in [3.05, 3.63) is 0 Å². The molecule has 1 aliphatic heterocycles. The number of nitrogens with zero attached hydrogens (tertiary/aromatic N) is 5. The monoisotopic (exact) mass is 279 g/mol. The lowest BCUT2D eigenvalue weighted by atomic mass is 10.4. The summed E-state index contributed by atoms with van der Waals surface area (Å²) in [5, 5.41) is 6.24. The van der Waals surface area contributed by atoms with E-state index in [1.54, 1.807) is 0 Å². The van der Waals surface area contributed by atoms with Crippen molar-refractivity contribution in [2.75, 3.05) is 62.9 Å². The van der Waals surface area contributed by atoms with Gasteiger partial charge in [-0.1, -0.05) is 0 Å². The minimum Gasteiger partial charge on any atom is -0.357 e. The average molecular weight is 279 g/mol. The lowest BCUT2D eigenvalue weighted by molar-refractivity contribution is 0.337. The molecule has 0 atom stereocenters. The fourth-order valence-corrected chi connectivity index (χ4v) is 2.26. The Labute approximate surface area is 120 Å². The second-order valence-corrected chi connectivity index (χ2v) is 5.26. The fourth-order valence-electron chi connectivity index (χ4n) is 2.26. The molecule has 1 aromatic rings. The van der Waals surface area contributed by atoms with Gasteiger partial charge in [-0.25, -0.2) is 0 Å². The summed E-state index contributed by atoms with van der Waals surface area (Å²) in [5.74, 6) is 1.88. The van der Waals surface area contributed by atoms with Gasteiger partial charge in [-0.05, 0) is 38.9 Å². The first-order valence-electron chi connectivity index (χ1n) is 7.26. The Balaban J connectivity index is 1.83. The molecule has 0 spiro atoms. The zero-order valence-electron chi connectivity index (χ0n) is 12.7. The molecule has 2 N–H and O–H groups in total. The lowest BCUT2D eigenvalue weighted by Gasteiger charge is -2.15. The molecule has 0 saturated carbocycles. The molecule has 7 nitrogen and oxygen atoms in total. The van der Waals surface area contributed by atoms with E-state index in [9.17, 15) is 0 Å². The molecule has 0 aliphatic carbocycles. The fraction of sp³-hybridized carbons (Fsp3) is 0.769. The largest absolute Gasteiger partial charge is 0.357 e. The molecule has 2 rings (SSSR count). The van der Waals surface area contributed by atoms with E-state index in [-0.39, 0.29) is 0 Å². The van der Waals surface area contributed by atoms with Crippen LogP contribution >= 0.6 is 0 Å². The van der Waals surface area contributed by atoms with E-state index in [4.69, 9.17) is 0 Å². The van der Waals surface area contributed by atoms with Gasteiger partial charge in [-0.3, -0.25) is 0 Å². The first-order chi connectivity index (χ1) is 9.69. The highest BCUT2D eigenvalue weighted by Gasteiger charge is 2.11. The Hall–Kier alpha value is -1.63. The van der Waals surface area contributed by atoms with Gasteiger partial charge in [0, 0.05) is 27.7 Å². The van der Waals surface area contributed by atoms with Crippen molar-refractivity contribution in [1.82, 2.24) is 19.9 Å². The zero-order chi connectivity index (χ0) is 14.4. The molecule has 2 heterocycles. The molecular weight excluding hydrogens is 254 g/mol. The standard InChI is InChI=1S/C13H25N7/c1-14-11-16-12(18-13(17-11)19(2)3)15-7-6-10-20-8-4-5-9-20/h4-10H2,1-3H3,(H2,14,15,16,17,18). The molecule has 1 aromatic heterocycles. The topological polar surface area (TPSA) is 69.2 Å². The maximum absolute atomic E-state index is 4.39. The molecule has 0 bridgehead atoms. The van der Waals surface area contributed by atoms with Crippen LogP contribution in [-0.4, -0.2) is 67.2 Å². The van der Waals surface area contributed by atoms with Crippen LogP contribution in [0.1, 0.15) is 19.3 Å². The predicted molar refractivity (Wildman–Crippen MR) is 82.5 cm³/mol. The molecule has 0 radical (unpaired) electrons. The van der Waals surface area contributed by atoms with Gasteiger partial charge in [0.2, 0.25) is 17.8 Å². The Morgan fingerprint density at radius 3 is 2.45 bits per heavy atom. The minimum atomic E-state index is 0.589. The van der Waals surface area contributed by atoms with Crippen LogP contribution in [0.2, 0.25) is 0 Å². The zero-order valence-corrected chi connectivity index (χ0v) is 12.7. The second kappa shape index (κ2) is 7.23. The summed E-state index contributed by atoms with van der Waals surface area (Å²) in [5.41, 5.74) is 0. The van der Waals surface area contributed by atoms with Crippen LogP contribution in [0.5, 0.6) is 0 Å².